The summed E-state index contributed by atoms with van der Waals surface area (Å²) in [5.41, 5.74) is 0. The van der Waals surface area contributed by atoms with Crippen molar-refractivity contribution in [2.24, 2.45) is 5.92 Å². The Kier molecular flexibility index (Phi) is 3.56. The van der Waals surface area contributed by atoms with Gasteiger partial charge in [-0.15, -0.1) is 0 Å². The van der Waals surface area contributed by atoms with Gasteiger partial charge in [0.25, 0.3) is 0 Å². The highest BCUT2D eigenvalue weighted by Crippen LogP contribution is 2.36. The van der Waals surface area contributed by atoms with Gasteiger partial charge in [-0.1, -0.05) is 28.1 Å². The molecule has 0 N–H and O–H groups in total. The van der Waals surface area contributed by atoms with Crippen LogP contribution in [0.1, 0.15) is 6.92 Å². The quantitative estimate of drug-likeness (QED) is 0.756. The number of hydrogen-bond acceptors (Lipinski definition) is 1. The lowest BCUT2D eigenvalue weighted by Gasteiger charge is -2.25. The third kappa shape index (κ3) is 2.01. The molecule has 0 amide bonds. The molecule has 1 unspecified atom stereocenters. The lowest BCUT2D eigenvalue weighted by Crippen LogP contribution is -2.31. The Hall–Kier alpha value is 0.400. The zero-order valence-electron chi connectivity index (χ0n) is 7.51. The first kappa shape index (κ1) is 10.5. The second kappa shape index (κ2) is 4.07. The Morgan fingerprint density at radius 1 is 1.42 bits per heavy atom. The van der Waals surface area contributed by atoms with E-state index in [4.69, 9.17) is 0 Å². The van der Waals surface area contributed by atoms with Crippen molar-refractivity contribution in [2.75, 3.05) is 14.1 Å². The Morgan fingerprint density at radius 3 is 2.33 bits per heavy atom. The fraction of sp³-hybridized carbons (Fsp3) is 0.556. The van der Waals surface area contributed by atoms with Crippen molar-refractivity contribution in [2.45, 2.75) is 13.0 Å². The van der Waals surface area contributed by atoms with Gasteiger partial charge in [-0.25, -0.2) is 0 Å². The van der Waals surface area contributed by atoms with Crippen LogP contribution in [0.15, 0.2) is 21.1 Å². The predicted octanol–water partition coefficient (Wildman–Crippen LogP) is 3.12. The molecule has 1 aliphatic carbocycles. The molecule has 0 aromatic carbocycles. The molecule has 68 valence electrons. The Bertz CT molecular complexity index is 231. The number of allylic oxidation sites excluding steroid dienone is 2. The molecule has 1 rings (SSSR count). The fourth-order valence-corrected chi connectivity index (χ4v) is 2.29. The Balaban J connectivity index is 2.74. The summed E-state index contributed by atoms with van der Waals surface area (Å²) < 4.78 is 2.42. The van der Waals surface area contributed by atoms with Gasteiger partial charge >= 0.3 is 0 Å². The zero-order valence-corrected chi connectivity index (χ0v) is 10.7. The van der Waals surface area contributed by atoms with Crippen molar-refractivity contribution >= 4 is 31.9 Å². The van der Waals surface area contributed by atoms with Crippen LogP contribution in [0.3, 0.4) is 0 Å². The van der Waals surface area contributed by atoms with E-state index in [2.05, 4.69) is 69.9 Å². The minimum absolute atomic E-state index is 0.495. The molecule has 0 radical (unpaired) electrons. The minimum Gasteiger partial charge on any atom is -0.306 e. The molecule has 3 heteroatoms. The maximum Gasteiger partial charge on any atom is 0.0280 e. The fourth-order valence-electron chi connectivity index (χ4n) is 1.21. The molecule has 0 saturated heterocycles. The average molecular weight is 295 g/mol. The van der Waals surface area contributed by atoms with Gasteiger partial charge in [0, 0.05) is 20.9 Å². The second-order valence-electron chi connectivity index (χ2n) is 3.28. The van der Waals surface area contributed by atoms with Crippen molar-refractivity contribution in [1.82, 2.24) is 4.90 Å². The van der Waals surface area contributed by atoms with E-state index in [1.165, 1.54) is 8.96 Å². The standard InChI is InChI=1S/C9H13Br2N/c1-6(12(2)3)7-4-5-8(10)9(7)11/h4-7H,1-3H3/t6-,7?/m1/s1. The third-order valence-electron chi connectivity index (χ3n) is 2.30. The van der Waals surface area contributed by atoms with E-state index >= 15 is 0 Å². The number of nitrogens with zero attached hydrogens (tertiary/aromatic N) is 1. The molecule has 1 aliphatic rings. The third-order valence-corrected chi connectivity index (χ3v) is 4.48. The Morgan fingerprint density at radius 2 is 2.00 bits per heavy atom. The largest absolute Gasteiger partial charge is 0.306 e. The highest BCUT2D eigenvalue weighted by atomic mass is 79.9. The molecular weight excluding hydrogens is 282 g/mol. The summed E-state index contributed by atoms with van der Waals surface area (Å²) in [5.74, 6) is 0.495. The van der Waals surface area contributed by atoms with E-state index < -0.39 is 0 Å². The smallest absolute Gasteiger partial charge is 0.0280 e. The summed E-state index contributed by atoms with van der Waals surface area (Å²) >= 11 is 7.07. The van der Waals surface area contributed by atoms with Crippen LogP contribution in [0.5, 0.6) is 0 Å². The second-order valence-corrected chi connectivity index (χ2v) is 4.99. The lowest BCUT2D eigenvalue weighted by atomic mass is 10.0. The van der Waals surface area contributed by atoms with Gasteiger partial charge in [-0.05, 0) is 36.9 Å². The summed E-state index contributed by atoms with van der Waals surface area (Å²) in [6.45, 7) is 2.22. The van der Waals surface area contributed by atoms with Crippen molar-refractivity contribution in [3.05, 3.63) is 21.1 Å². The number of rotatable bonds is 2. The molecule has 2 atom stereocenters. The minimum atomic E-state index is 0.495. The maximum absolute atomic E-state index is 3.58. The van der Waals surface area contributed by atoms with E-state index in [9.17, 15) is 0 Å². The van der Waals surface area contributed by atoms with Crippen LogP contribution in [0.2, 0.25) is 0 Å². The summed E-state index contributed by atoms with van der Waals surface area (Å²) in [6, 6.07) is 0.533. The zero-order chi connectivity index (χ0) is 9.30. The van der Waals surface area contributed by atoms with Gasteiger partial charge in [-0.2, -0.15) is 0 Å². The molecule has 0 fully saturated rings. The van der Waals surface area contributed by atoms with E-state index in [1.54, 1.807) is 0 Å². The molecule has 0 aromatic rings. The summed E-state index contributed by atoms with van der Waals surface area (Å²) in [5, 5.41) is 0. The summed E-state index contributed by atoms with van der Waals surface area (Å²) in [4.78, 5) is 2.22. The van der Waals surface area contributed by atoms with Crippen LogP contribution in [0.4, 0.5) is 0 Å². The van der Waals surface area contributed by atoms with Crippen LogP contribution in [0.25, 0.3) is 0 Å². The van der Waals surface area contributed by atoms with Crippen LogP contribution in [-0.2, 0) is 0 Å². The highest BCUT2D eigenvalue weighted by Gasteiger charge is 2.24. The highest BCUT2D eigenvalue weighted by molar-refractivity contribution is 9.14. The predicted molar refractivity (Wildman–Crippen MR) is 60.7 cm³/mol. The van der Waals surface area contributed by atoms with Gasteiger partial charge in [-0.3, -0.25) is 0 Å². The molecule has 0 heterocycles. The first-order valence-corrected chi connectivity index (χ1v) is 5.52. The van der Waals surface area contributed by atoms with Gasteiger partial charge in [0.2, 0.25) is 0 Å². The van der Waals surface area contributed by atoms with Crippen LogP contribution < -0.4 is 0 Å². The first-order valence-electron chi connectivity index (χ1n) is 3.94. The van der Waals surface area contributed by atoms with Crippen LogP contribution >= 0.6 is 31.9 Å². The Labute approximate surface area is 90.8 Å². The van der Waals surface area contributed by atoms with E-state index in [-0.39, 0.29) is 0 Å². The molecule has 0 spiro atoms. The van der Waals surface area contributed by atoms with Crippen molar-refractivity contribution in [3.8, 4) is 0 Å². The van der Waals surface area contributed by atoms with Crippen molar-refractivity contribution in [3.63, 3.8) is 0 Å². The summed E-state index contributed by atoms with van der Waals surface area (Å²) in [6.07, 6.45) is 4.33. The normalized spacial score (nSPS) is 25.7. The first-order chi connectivity index (χ1) is 5.54. The van der Waals surface area contributed by atoms with Crippen molar-refractivity contribution in [1.29, 1.82) is 0 Å². The topological polar surface area (TPSA) is 3.24 Å². The molecule has 12 heavy (non-hydrogen) atoms. The van der Waals surface area contributed by atoms with E-state index in [1.807, 2.05) is 0 Å². The van der Waals surface area contributed by atoms with Crippen molar-refractivity contribution < 1.29 is 0 Å². The van der Waals surface area contributed by atoms with E-state index in [0.717, 1.165) is 0 Å². The van der Waals surface area contributed by atoms with Gasteiger partial charge in [0.15, 0.2) is 0 Å². The molecule has 0 saturated carbocycles. The number of halogens is 2. The van der Waals surface area contributed by atoms with Crippen LogP contribution in [0, 0.1) is 5.92 Å². The molecular formula is C9H13Br2N. The van der Waals surface area contributed by atoms with Gasteiger partial charge < -0.3 is 4.90 Å². The SMILES string of the molecule is C[C@H](C1C=CC(Br)=C1Br)N(C)C. The molecule has 1 nitrogen and oxygen atoms in total. The van der Waals surface area contributed by atoms with E-state index in [0.29, 0.717) is 12.0 Å². The van der Waals surface area contributed by atoms with Gasteiger partial charge in [0.05, 0.1) is 0 Å². The lowest BCUT2D eigenvalue weighted by molar-refractivity contribution is 0.281. The monoisotopic (exact) mass is 293 g/mol. The molecule has 0 aliphatic heterocycles. The average Bonchev–Trinajstić information content (AvgIpc) is 2.32. The van der Waals surface area contributed by atoms with Crippen LogP contribution in [-0.4, -0.2) is 25.0 Å². The maximum atomic E-state index is 3.58. The van der Waals surface area contributed by atoms with Gasteiger partial charge in [0.1, 0.15) is 0 Å². The molecule has 0 bridgehead atoms. The number of hydrogen-bond donors (Lipinski definition) is 0. The molecule has 0 aromatic heterocycles. The summed E-state index contributed by atoms with van der Waals surface area (Å²) in [7, 11) is 4.20.